The van der Waals surface area contributed by atoms with E-state index in [9.17, 15) is 4.79 Å². The average Bonchev–Trinajstić information content (AvgIpc) is 2.94. The Bertz CT molecular complexity index is 858. The van der Waals surface area contributed by atoms with Crippen LogP contribution in [0.25, 0.3) is 11.1 Å². The van der Waals surface area contributed by atoms with Crippen molar-refractivity contribution in [3.63, 3.8) is 0 Å². The molecule has 0 unspecified atom stereocenters. The number of carboxylic acids is 1. The van der Waals surface area contributed by atoms with Crippen LogP contribution in [0.2, 0.25) is 0 Å². The van der Waals surface area contributed by atoms with Gasteiger partial charge < -0.3 is 14.3 Å². The van der Waals surface area contributed by atoms with Crippen molar-refractivity contribution >= 4 is 5.97 Å². The lowest BCUT2D eigenvalue weighted by molar-refractivity contribution is -0.888. The molecule has 0 saturated carbocycles. The summed E-state index contributed by atoms with van der Waals surface area (Å²) in [4.78, 5) is 10.8. The summed E-state index contributed by atoms with van der Waals surface area (Å²) in [7, 11) is 4.68. The van der Waals surface area contributed by atoms with Crippen LogP contribution in [0.5, 0.6) is 5.75 Å². The van der Waals surface area contributed by atoms with Crippen molar-refractivity contribution < 1.29 is 19.1 Å². The Morgan fingerprint density at radius 1 is 0.641 bits per heavy atom. The number of unbranched alkanes of at least 4 members (excludes halogenated alkanes) is 12. The van der Waals surface area contributed by atoms with Crippen LogP contribution in [0, 0.1) is 0 Å². The summed E-state index contributed by atoms with van der Waals surface area (Å²) in [5.74, 6) is -0.0271. The molecule has 0 amide bonds. The smallest absolute Gasteiger partial charge is 0.335 e. The second kappa shape index (κ2) is 21.5. The zero-order valence-electron chi connectivity index (χ0n) is 25.9. The van der Waals surface area contributed by atoms with Gasteiger partial charge in [-0.2, -0.15) is 0 Å². The second-order valence-corrected chi connectivity index (χ2v) is 11.5. The standard InChI is InChI=1S/C19H22O3.C16H36N/c1-2-3-4-5-14-22-18-12-10-16(11-13-18)15-6-8-17(9-7-15)19(20)21;1-5-7-8-9-10-11-12-13-14-15-16-17(3,4)6-2/h6-13H,2-5,14H2,1H3,(H,20,21);5-16H2,1-4H3/q;+1. The summed E-state index contributed by atoms with van der Waals surface area (Å²) in [6.45, 7) is 10.1. The third-order valence-electron chi connectivity index (χ3n) is 7.56. The first kappa shape index (κ1) is 34.7. The molecule has 0 aliphatic heterocycles. The topological polar surface area (TPSA) is 46.5 Å². The molecule has 4 heteroatoms. The molecule has 0 fully saturated rings. The monoisotopic (exact) mass is 540 g/mol. The van der Waals surface area contributed by atoms with Gasteiger partial charge in [-0.1, -0.05) is 109 Å². The Morgan fingerprint density at radius 3 is 1.54 bits per heavy atom. The maximum atomic E-state index is 10.8. The van der Waals surface area contributed by atoms with E-state index < -0.39 is 5.97 Å². The summed E-state index contributed by atoms with van der Waals surface area (Å²) in [5, 5.41) is 8.90. The molecule has 0 bridgehead atoms. The van der Waals surface area contributed by atoms with Crippen LogP contribution in [0.4, 0.5) is 0 Å². The number of quaternary nitrogens is 1. The summed E-state index contributed by atoms with van der Waals surface area (Å²) in [5.41, 5.74) is 2.35. The highest BCUT2D eigenvalue weighted by Gasteiger charge is 2.10. The van der Waals surface area contributed by atoms with Gasteiger partial charge in [0.15, 0.2) is 0 Å². The number of benzene rings is 2. The van der Waals surface area contributed by atoms with Crippen LogP contribution in [0.3, 0.4) is 0 Å². The first-order valence-electron chi connectivity index (χ1n) is 15.7. The van der Waals surface area contributed by atoms with Gasteiger partial charge in [-0.15, -0.1) is 0 Å². The van der Waals surface area contributed by atoms with Crippen LogP contribution in [0.15, 0.2) is 48.5 Å². The van der Waals surface area contributed by atoms with E-state index in [4.69, 9.17) is 9.84 Å². The highest BCUT2D eigenvalue weighted by atomic mass is 16.5. The van der Waals surface area contributed by atoms with Gasteiger partial charge in [0.05, 0.1) is 39.4 Å². The van der Waals surface area contributed by atoms with Gasteiger partial charge >= 0.3 is 5.97 Å². The van der Waals surface area contributed by atoms with E-state index in [0.29, 0.717) is 5.56 Å². The van der Waals surface area contributed by atoms with Gasteiger partial charge in [-0.3, -0.25) is 0 Å². The number of nitrogens with zero attached hydrogens (tertiary/aromatic N) is 1. The highest BCUT2D eigenvalue weighted by Crippen LogP contribution is 2.23. The molecule has 0 aliphatic rings. The SMILES string of the molecule is CCCCCCCCCCCC[N+](C)(C)CC.CCCCCCOc1ccc(-c2ccc(C(=O)O)cc2)cc1. The summed E-state index contributed by atoms with van der Waals surface area (Å²) < 4.78 is 6.91. The van der Waals surface area contributed by atoms with Gasteiger partial charge in [0.25, 0.3) is 0 Å². The van der Waals surface area contributed by atoms with Crippen molar-refractivity contribution in [2.24, 2.45) is 0 Å². The molecule has 0 heterocycles. The molecular weight excluding hydrogens is 482 g/mol. The molecule has 4 nitrogen and oxygen atoms in total. The lowest BCUT2D eigenvalue weighted by Gasteiger charge is -2.28. The van der Waals surface area contributed by atoms with E-state index in [-0.39, 0.29) is 0 Å². The van der Waals surface area contributed by atoms with E-state index in [1.165, 1.54) is 101 Å². The second-order valence-electron chi connectivity index (χ2n) is 11.5. The number of aromatic carboxylic acids is 1. The normalized spacial score (nSPS) is 11.1. The van der Waals surface area contributed by atoms with Gasteiger partial charge in [0.2, 0.25) is 0 Å². The molecule has 0 saturated heterocycles. The van der Waals surface area contributed by atoms with Crippen molar-refractivity contribution in [3.8, 4) is 16.9 Å². The van der Waals surface area contributed by atoms with Crippen molar-refractivity contribution in [2.45, 2.75) is 111 Å². The largest absolute Gasteiger partial charge is 0.494 e. The molecule has 0 atom stereocenters. The van der Waals surface area contributed by atoms with Gasteiger partial charge in [0, 0.05) is 0 Å². The number of carbonyl (C=O) groups is 1. The third kappa shape index (κ3) is 17.1. The Balaban J connectivity index is 0.000000406. The minimum atomic E-state index is -0.904. The fraction of sp³-hybridized carbons (Fsp3) is 0.629. The molecule has 0 aliphatic carbocycles. The number of rotatable bonds is 20. The zero-order valence-corrected chi connectivity index (χ0v) is 25.9. The van der Waals surface area contributed by atoms with Crippen LogP contribution >= 0.6 is 0 Å². The molecule has 1 N–H and O–H groups in total. The molecule has 2 aromatic rings. The number of ether oxygens (including phenoxy) is 1. The summed E-state index contributed by atoms with van der Waals surface area (Å²) >= 11 is 0. The van der Waals surface area contributed by atoms with Crippen molar-refractivity contribution in [3.05, 3.63) is 54.1 Å². The molecule has 2 aromatic carbocycles. The van der Waals surface area contributed by atoms with Crippen molar-refractivity contribution in [1.82, 2.24) is 0 Å². The van der Waals surface area contributed by atoms with Crippen molar-refractivity contribution in [2.75, 3.05) is 33.8 Å². The molecular formula is C35H58NO3+. The Hall–Kier alpha value is -2.33. The maximum absolute atomic E-state index is 10.8. The van der Waals surface area contributed by atoms with Crippen molar-refractivity contribution in [1.29, 1.82) is 0 Å². The number of hydrogen-bond donors (Lipinski definition) is 1. The van der Waals surface area contributed by atoms with E-state index in [1.807, 2.05) is 36.4 Å². The molecule has 0 aromatic heterocycles. The minimum Gasteiger partial charge on any atom is -0.494 e. The van der Waals surface area contributed by atoms with Crippen LogP contribution < -0.4 is 4.74 Å². The third-order valence-corrected chi connectivity index (χ3v) is 7.56. The number of carboxylic acid groups (broad SMARTS) is 1. The van der Waals surface area contributed by atoms with Crippen LogP contribution in [-0.4, -0.2) is 49.4 Å². The summed E-state index contributed by atoms with van der Waals surface area (Å²) in [6.07, 6.45) is 19.2. The molecule has 2 rings (SSSR count). The molecule has 220 valence electrons. The maximum Gasteiger partial charge on any atom is 0.335 e. The van der Waals surface area contributed by atoms with E-state index in [1.54, 1.807) is 12.1 Å². The zero-order chi connectivity index (χ0) is 28.8. The van der Waals surface area contributed by atoms with Crippen LogP contribution in [0.1, 0.15) is 121 Å². The fourth-order valence-electron chi connectivity index (χ4n) is 4.45. The lowest BCUT2D eigenvalue weighted by Crippen LogP contribution is -2.39. The van der Waals surface area contributed by atoms with E-state index in [0.717, 1.165) is 29.9 Å². The first-order chi connectivity index (χ1) is 18.8. The fourth-order valence-corrected chi connectivity index (χ4v) is 4.45. The van der Waals surface area contributed by atoms with Crippen LogP contribution in [-0.2, 0) is 0 Å². The van der Waals surface area contributed by atoms with E-state index >= 15 is 0 Å². The molecule has 39 heavy (non-hydrogen) atoms. The lowest BCUT2D eigenvalue weighted by atomic mass is 10.0. The quantitative estimate of drug-likeness (QED) is 0.134. The predicted molar refractivity (Wildman–Crippen MR) is 168 cm³/mol. The minimum absolute atomic E-state index is 0.302. The first-order valence-corrected chi connectivity index (χ1v) is 15.7. The Morgan fingerprint density at radius 2 is 1.08 bits per heavy atom. The van der Waals surface area contributed by atoms with Gasteiger partial charge in [0.1, 0.15) is 5.75 Å². The predicted octanol–water partition coefficient (Wildman–Crippen LogP) is 10.0. The molecule has 0 radical (unpaired) electrons. The Labute approximate surface area is 240 Å². The van der Waals surface area contributed by atoms with Gasteiger partial charge in [-0.25, -0.2) is 4.79 Å². The van der Waals surface area contributed by atoms with Gasteiger partial charge in [-0.05, 0) is 61.6 Å². The molecule has 0 spiro atoms. The highest BCUT2D eigenvalue weighted by molar-refractivity contribution is 5.88. The number of hydrogen-bond acceptors (Lipinski definition) is 2. The average molecular weight is 541 g/mol. The van der Waals surface area contributed by atoms with E-state index in [2.05, 4.69) is 34.9 Å². The summed E-state index contributed by atoms with van der Waals surface area (Å²) in [6, 6.07) is 14.8. The Kier molecular flexibility index (Phi) is 19.1.